The molecular weight excluding hydrogens is 316 g/mol. The number of rotatable bonds is 3. The number of pyridine rings is 1. The maximum atomic E-state index is 12.8. The van der Waals surface area contributed by atoms with Crippen molar-refractivity contribution in [1.29, 1.82) is 0 Å². The minimum atomic E-state index is -0.140. The zero-order chi connectivity index (χ0) is 17.8. The summed E-state index contributed by atoms with van der Waals surface area (Å²) in [6.45, 7) is 4.11. The summed E-state index contributed by atoms with van der Waals surface area (Å²) in [4.78, 5) is 29.9. The molecule has 0 saturated carbocycles. The summed E-state index contributed by atoms with van der Waals surface area (Å²) >= 11 is 0. The van der Waals surface area contributed by atoms with Crippen LogP contribution in [0.25, 0.3) is 0 Å². The van der Waals surface area contributed by atoms with Crippen LogP contribution < -0.4 is 10.6 Å². The summed E-state index contributed by atoms with van der Waals surface area (Å²) in [7, 11) is 0. The van der Waals surface area contributed by atoms with Gasteiger partial charge in [-0.2, -0.15) is 0 Å². The van der Waals surface area contributed by atoms with Crippen LogP contribution in [0.15, 0.2) is 42.7 Å². The van der Waals surface area contributed by atoms with Crippen molar-refractivity contribution in [2.24, 2.45) is 0 Å². The minimum absolute atomic E-state index is 0.0711. The highest BCUT2D eigenvalue weighted by Gasteiger charge is 2.30. The predicted molar refractivity (Wildman–Crippen MR) is 97.4 cm³/mol. The maximum Gasteiger partial charge on any atom is 0.322 e. The van der Waals surface area contributed by atoms with Crippen molar-refractivity contribution in [3.05, 3.63) is 53.9 Å². The van der Waals surface area contributed by atoms with Gasteiger partial charge >= 0.3 is 6.03 Å². The van der Waals surface area contributed by atoms with Gasteiger partial charge in [-0.05, 0) is 55.2 Å². The van der Waals surface area contributed by atoms with Crippen molar-refractivity contribution in [3.8, 4) is 0 Å². The van der Waals surface area contributed by atoms with E-state index < -0.39 is 0 Å². The van der Waals surface area contributed by atoms with E-state index >= 15 is 0 Å². The molecule has 1 aromatic carbocycles. The lowest BCUT2D eigenvalue weighted by atomic mass is 10.1. The van der Waals surface area contributed by atoms with E-state index in [1.165, 1.54) is 6.92 Å². The minimum Gasteiger partial charge on any atom is -0.326 e. The van der Waals surface area contributed by atoms with Crippen LogP contribution in [-0.4, -0.2) is 28.4 Å². The number of hydrogen-bond acceptors (Lipinski definition) is 3. The van der Waals surface area contributed by atoms with Gasteiger partial charge in [0.15, 0.2) is 0 Å². The maximum absolute atomic E-state index is 12.8. The molecule has 2 aromatic rings. The lowest BCUT2D eigenvalue weighted by molar-refractivity contribution is -0.114. The largest absolute Gasteiger partial charge is 0.326 e. The Hall–Kier alpha value is -2.89. The van der Waals surface area contributed by atoms with Crippen molar-refractivity contribution >= 4 is 23.3 Å². The highest BCUT2D eigenvalue weighted by molar-refractivity contribution is 5.93. The van der Waals surface area contributed by atoms with E-state index in [1.807, 2.05) is 36.1 Å². The summed E-state index contributed by atoms with van der Waals surface area (Å²) in [6, 6.07) is 9.35. The molecule has 2 heterocycles. The van der Waals surface area contributed by atoms with Gasteiger partial charge in [0.2, 0.25) is 5.91 Å². The number of nitrogens with one attached hydrogen (secondary N) is 2. The fraction of sp³-hybridized carbons (Fsp3) is 0.316. The number of amides is 3. The molecule has 1 atom stereocenters. The SMILES string of the molecule is CC(=O)Nc1ccc(C)c(NC(=O)N2CCCC2c2ccncc2)c1. The molecule has 6 heteroatoms. The molecule has 0 bridgehead atoms. The Morgan fingerprint density at radius 1 is 1.16 bits per heavy atom. The Morgan fingerprint density at radius 2 is 1.92 bits per heavy atom. The number of carbonyl (C=O) groups is 2. The molecule has 1 saturated heterocycles. The molecule has 0 spiro atoms. The highest BCUT2D eigenvalue weighted by atomic mass is 16.2. The van der Waals surface area contributed by atoms with Gasteiger partial charge in [-0.25, -0.2) is 4.79 Å². The first-order chi connectivity index (χ1) is 12.0. The van der Waals surface area contributed by atoms with Crippen LogP contribution in [0.1, 0.15) is 36.9 Å². The quantitative estimate of drug-likeness (QED) is 0.896. The van der Waals surface area contributed by atoms with E-state index in [9.17, 15) is 9.59 Å². The second-order valence-corrected chi connectivity index (χ2v) is 6.27. The molecule has 1 aliphatic rings. The molecule has 1 aromatic heterocycles. The van der Waals surface area contributed by atoms with Crippen molar-refractivity contribution in [2.45, 2.75) is 32.7 Å². The van der Waals surface area contributed by atoms with Gasteiger partial charge in [-0.3, -0.25) is 9.78 Å². The van der Waals surface area contributed by atoms with Gasteiger partial charge in [-0.1, -0.05) is 6.07 Å². The molecule has 0 aliphatic carbocycles. The van der Waals surface area contributed by atoms with E-state index in [-0.39, 0.29) is 18.0 Å². The third-order valence-corrected chi connectivity index (χ3v) is 4.40. The summed E-state index contributed by atoms with van der Waals surface area (Å²) in [6.07, 6.45) is 5.43. The predicted octanol–water partition coefficient (Wildman–Crippen LogP) is 3.72. The number of nitrogens with zero attached hydrogens (tertiary/aromatic N) is 2. The second kappa shape index (κ2) is 7.34. The van der Waals surface area contributed by atoms with Gasteiger partial charge in [-0.15, -0.1) is 0 Å². The Bertz CT molecular complexity index is 776. The van der Waals surface area contributed by atoms with Crippen molar-refractivity contribution < 1.29 is 9.59 Å². The van der Waals surface area contributed by atoms with E-state index in [0.29, 0.717) is 11.4 Å². The molecule has 1 aliphatic heterocycles. The van der Waals surface area contributed by atoms with Gasteiger partial charge < -0.3 is 15.5 Å². The van der Waals surface area contributed by atoms with Crippen LogP contribution in [0.5, 0.6) is 0 Å². The Labute approximate surface area is 147 Å². The Kier molecular flexibility index (Phi) is 4.97. The number of likely N-dealkylation sites (tertiary alicyclic amines) is 1. The van der Waals surface area contributed by atoms with E-state index in [1.54, 1.807) is 18.5 Å². The van der Waals surface area contributed by atoms with E-state index in [4.69, 9.17) is 0 Å². The Balaban J connectivity index is 1.76. The molecule has 130 valence electrons. The first kappa shape index (κ1) is 17.0. The van der Waals surface area contributed by atoms with Crippen LogP contribution >= 0.6 is 0 Å². The number of aromatic nitrogens is 1. The monoisotopic (exact) mass is 338 g/mol. The molecular formula is C19H22N4O2. The summed E-state index contributed by atoms with van der Waals surface area (Å²) < 4.78 is 0. The summed E-state index contributed by atoms with van der Waals surface area (Å²) in [5.41, 5.74) is 3.42. The van der Waals surface area contributed by atoms with Gasteiger partial charge in [0.1, 0.15) is 0 Å². The van der Waals surface area contributed by atoms with Gasteiger partial charge in [0, 0.05) is 37.2 Å². The van der Waals surface area contributed by atoms with Crippen LogP contribution in [0, 0.1) is 6.92 Å². The third-order valence-electron chi connectivity index (χ3n) is 4.40. The number of anilines is 2. The highest BCUT2D eigenvalue weighted by Crippen LogP contribution is 2.32. The van der Waals surface area contributed by atoms with Crippen LogP contribution in [0.2, 0.25) is 0 Å². The summed E-state index contributed by atoms with van der Waals surface area (Å²) in [5, 5.41) is 5.72. The van der Waals surface area contributed by atoms with E-state index in [0.717, 1.165) is 30.5 Å². The second-order valence-electron chi connectivity index (χ2n) is 6.27. The van der Waals surface area contributed by atoms with Crippen LogP contribution in [0.4, 0.5) is 16.2 Å². The lowest BCUT2D eigenvalue weighted by Gasteiger charge is -2.25. The first-order valence-corrected chi connectivity index (χ1v) is 8.40. The summed E-state index contributed by atoms with van der Waals surface area (Å²) in [5.74, 6) is -0.140. The normalized spacial score (nSPS) is 16.6. The van der Waals surface area contributed by atoms with Crippen molar-refractivity contribution in [3.63, 3.8) is 0 Å². The number of hydrogen-bond donors (Lipinski definition) is 2. The molecule has 6 nitrogen and oxygen atoms in total. The molecule has 0 radical (unpaired) electrons. The lowest BCUT2D eigenvalue weighted by Crippen LogP contribution is -2.34. The number of benzene rings is 1. The average molecular weight is 338 g/mol. The fourth-order valence-electron chi connectivity index (χ4n) is 3.17. The number of aryl methyl sites for hydroxylation is 1. The zero-order valence-electron chi connectivity index (χ0n) is 14.5. The Morgan fingerprint density at radius 3 is 2.64 bits per heavy atom. The van der Waals surface area contributed by atoms with Gasteiger partial charge in [0.25, 0.3) is 0 Å². The third kappa shape index (κ3) is 3.96. The van der Waals surface area contributed by atoms with Gasteiger partial charge in [0.05, 0.1) is 6.04 Å². The smallest absolute Gasteiger partial charge is 0.322 e. The van der Waals surface area contributed by atoms with Crippen molar-refractivity contribution in [1.82, 2.24) is 9.88 Å². The van der Waals surface area contributed by atoms with E-state index in [2.05, 4.69) is 15.6 Å². The van der Waals surface area contributed by atoms with Crippen LogP contribution in [-0.2, 0) is 4.79 Å². The standard InChI is InChI=1S/C19H22N4O2/c1-13-5-6-16(21-14(2)24)12-17(13)22-19(25)23-11-3-4-18(23)15-7-9-20-10-8-15/h5-10,12,18H,3-4,11H2,1-2H3,(H,21,24)(H,22,25). The average Bonchev–Trinajstić information content (AvgIpc) is 3.08. The van der Waals surface area contributed by atoms with Crippen LogP contribution in [0.3, 0.4) is 0 Å². The topological polar surface area (TPSA) is 74.3 Å². The first-order valence-electron chi connectivity index (χ1n) is 8.40. The zero-order valence-corrected chi connectivity index (χ0v) is 14.5. The van der Waals surface area contributed by atoms with Crippen molar-refractivity contribution in [2.75, 3.05) is 17.2 Å². The fourth-order valence-corrected chi connectivity index (χ4v) is 3.17. The molecule has 1 unspecified atom stereocenters. The number of carbonyl (C=O) groups excluding carboxylic acids is 2. The molecule has 25 heavy (non-hydrogen) atoms. The molecule has 1 fully saturated rings. The molecule has 3 amide bonds. The molecule has 3 rings (SSSR count). The molecule has 2 N–H and O–H groups in total. The number of urea groups is 1.